The topological polar surface area (TPSA) is 98.6 Å². The number of nitrogen functional groups attached to an aromatic ring is 1. The minimum atomic E-state index is -4.55. The maximum atomic E-state index is 14.6. The average molecular weight is 486 g/mol. The van der Waals surface area contributed by atoms with Crippen LogP contribution in [0.4, 0.5) is 23.4 Å². The molecule has 1 fully saturated rings. The fraction of sp³-hybridized carbons (Fsp3) is 0.304. The first kappa shape index (κ1) is 21.6. The Labute approximate surface area is 195 Å². The number of hydrogen-bond acceptors (Lipinski definition) is 6. The molecule has 3 atom stereocenters. The van der Waals surface area contributed by atoms with Gasteiger partial charge in [-0.05, 0) is 25.1 Å². The van der Waals surface area contributed by atoms with E-state index < -0.39 is 36.0 Å². The number of likely N-dealkylation sites (tertiary alicyclic amines) is 1. The smallest absolute Gasteiger partial charge is 0.416 e. The quantitative estimate of drug-likeness (QED) is 0.410. The molecule has 2 aliphatic heterocycles. The van der Waals surface area contributed by atoms with Crippen molar-refractivity contribution >= 4 is 28.3 Å². The summed E-state index contributed by atoms with van der Waals surface area (Å²) < 4.78 is 61.5. The van der Waals surface area contributed by atoms with Gasteiger partial charge in [-0.3, -0.25) is 9.20 Å². The number of nitrogens with two attached hydrogens (primary N) is 1. The largest absolute Gasteiger partial charge is 0.487 e. The van der Waals surface area contributed by atoms with E-state index in [-0.39, 0.29) is 30.2 Å². The van der Waals surface area contributed by atoms with E-state index in [0.29, 0.717) is 27.8 Å². The fourth-order valence-corrected chi connectivity index (χ4v) is 4.99. The van der Waals surface area contributed by atoms with Crippen molar-refractivity contribution in [2.24, 2.45) is 0 Å². The number of pyridine rings is 1. The van der Waals surface area contributed by atoms with Crippen LogP contribution in [0.25, 0.3) is 16.6 Å². The lowest BCUT2D eigenvalue weighted by molar-refractivity contribution is -0.137. The van der Waals surface area contributed by atoms with Gasteiger partial charge in [-0.15, -0.1) is 0 Å². The number of amides is 1. The van der Waals surface area contributed by atoms with Crippen LogP contribution in [0.5, 0.6) is 5.75 Å². The van der Waals surface area contributed by atoms with Gasteiger partial charge in [0.2, 0.25) is 0 Å². The van der Waals surface area contributed by atoms with Crippen LogP contribution in [0.3, 0.4) is 0 Å². The van der Waals surface area contributed by atoms with Crippen LogP contribution in [-0.2, 0) is 6.18 Å². The molecule has 0 aliphatic carbocycles. The molecule has 4 aromatic rings. The second kappa shape index (κ2) is 7.27. The highest BCUT2D eigenvalue weighted by Crippen LogP contribution is 2.47. The predicted molar refractivity (Wildman–Crippen MR) is 117 cm³/mol. The minimum absolute atomic E-state index is 0.00321. The molecule has 0 spiro atoms. The molecule has 0 bridgehead atoms. The number of fused-ring (bicyclic) bond motifs is 6. The number of piperidine rings is 1. The number of carbonyl (C=O) groups excluding carboxylic acids is 1. The molecule has 6 rings (SSSR count). The van der Waals surface area contributed by atoms with Crippen molar-refractivity contribution in [3.63, 3.8) is 0 Å². The van der Waals surface area contributed by atoms with Crippen molar-refractivity contribution in [2.75, 3.05) is 12.3 Å². The molecule has 12 heteroatoms. The lowest BCUT2D eigenvalue weighted by Crippen LogP contribution is -2.49. The Kier molecular flexibility index (Phi) is 4.48. The van der Waals surface area contributed by atoms with Gasteiger partial charge in [0, 0.05) is 12.0 Å². The van der Waals surface area contributed by atoms with E-state index in [1.165, 1.54) is 23.2 Å². The Morgan fingerprint density at radius 1 is 1.23 bits per heavy atom. The lowest BCUT2D eigenvalue weighted by Gasteiger charge is -2.38. The fourth-order valence-electron chi connectivity index (χ4n) is 4.99. The van der Waals surface area contributed by atoms with Gasteiger partial charge in [-0.2, -0.15) is 13.2 Å². The first-order chi connectivity index (χ1) is 16.6. The molecule has 35 heavy (non-hydrogen) atoms. The Morgan fingerprint density at radius 2 is 2.03 bits per heavy atom. The molecule has 8 nitrogen and oxygen atoms in total. The summed E-state index contributed by atoms with van der Waals surface area (Å²) in [5.41, 5.74) is 7.86. The number of aromatic nitrogens is 4. The molecule has 3 aromatic heterocycles. The van der Waals surface area contributed by atoms with Crippen molar-refractivity contribution in [1.82, 2.24) is 24.3 Å². The average Bonchev–Trinajstić information content (AvgIpc) is 3.37. The summed E-state index contributed by atoms with van der Waals surface area (Å²) in [6, 6.07) is 3.92. The van der Waals surface area contributed by atoms with Crippen molar-refractivity contribution < 1.29 is 27.1 Å². The molecule has 1 saturated heterocycles. The number of hydrogen-bond donors (Lipinski definition) is 1. The normalized spacial score (nSPS) is 21.7. The van der Waals surface area contributed by atoms with E-state index in [9.17, 15) is 22.4 Å². The number of aryl methyl sites for hydroxylation is 1. The zero-order chi connectivity index (χ0) is 24.6. The molecule has 3 unspecified atom stereocenters. The summed E-state index contributed by atoms with van der Waals surface area (Å²) in [6.07, 6.45) is -3.82. The lowest BCUT2D eigenvalue weighted by atomic mass is 9.92. The van der Waals surface area contributed by atoms with E-state index >= 15 is 0 Å². The van der Waals surface area contributed by atoms with Gasteiger partial charge < -0.3 is 15.4 Å². The van der Waals surface area contributed by atoms with Crippen LogP contribution in [0.2, 0.25) is 0 Å². The summed E-state index contributed by atoms with van der Waals surface area (Å²) >= 11 is 0. The third-order valence-electron chi connectivity index (χ3n) is 6.54. The molecule has 0 radical (unpaired) electrons. The first-order valence-corrected chi connectivity index (χ1v) is 10.8. The van der Waals surface area contributed by atoms with Crippen molar-refractivity contribution in [2.45, 2.75) is 37.8 Å². The predicted octanol–water partition coefficient (Wildman–Crippen LogP) is 3.87. The van der Waals surface area contributed by atoms with Crippen molar-refractivity contribution in [3.8, 4) is 5.75 Å². The summed E-state index contributed by atoms with van der Waals surface area (Å²) in [5.74, 6) is -0.295. The van der Waals surface area contributed by atoms with Crippen LogP contribution < -0.4 is 10.5 Å². The van der Waals surface area contributed by atoms with Gasteiger partial charge in [0.05, 0.1) is 35.6 Å². The number of benzene rings is 1. The van der Waals surface area contributed by atoms with E-state index in [1.54, 1.807) is 17.7 Å². The Bertz CT molecular complexity index is 1520. The summed E-state index contributed by atoms with van der Waals surface area (Å²) in [6.45, 7) is 1.55. The maximum Gasteiger partial charge on any atom is 0.416 e. The van der Waals surface area contributed by atoms with E-state index in [0.717, 1.165) is 12.1 Å². The first-order valence-electron chi connectivity index (χ1n) is 10.8. The zero-order valence-electron chi connectivity index (χ0n) is 18.3. The summed E-state index contributed by atoms with van der Waals surface area (Å²) in [7, 11) is 0. The molecule has 1 amide bonds. The van der Waals surface area contributed by atoms with Crippen molar-refractivity contribution in [1.29, 1.82) is 0 Å². The molecular weight excluding hydrogens is 468 g/mol. The van der Waals surface area contributed by atoms with Crippen LogP contribution in [0.15, 0.2) is 36.8 Å². The second-order valence-electron chi connectivity index (χ2n) is 8.75. The molecule has 0 saturated carbocycles. The number of alkyl halides is 4. The van der Waals surface area contributed by atoms with Gasteiger partial charge in [-0.25, -0.2) is 19.3 Å². The van der Waals surface area contributed by atoms with Crippen LogP contribution >= 0.6 is 0 Å². The number of carbonyl (C=O) groups is 1. The van der Waals surface area contributed by atoms with Gasteiger partial charge in [0.1, 0.15) is 41.1 Å². The Balaban J connectivity index is 1.42. The van der Waals surface area contributed by atoms with E-state index in [2.05, 4.69) is 15.0 Å². The van der Waals surface area contributed by atoms with Gasteiger partial charge in [-0.1, -0.05) is 6.07 Å². The van der Waals surface area contributed by atoms with Gasteiger partial charge >= 0.3 is 6.18 Å². The Hall–Kier alpha value is -3.96. The minimum Gasteiger partial charge on any atom is -0.487 e. The van der Waals surface area contributed by atoms with Crippen LogP contribution in [0.1, 0.15) is 39.8 Å². The molecule has 2 aliphatic rings. The monoisotopic (exact) mass is 486 g/mol. The standard InChI is InChI=1S/C23H18F4N6O2/c1-10-19-21(28)31-15-7-29-14(6-16(15)33(19)9-30-10)22(34)32-8-12(24)5-18-20(32)13-3-2-11(23(25,26)27)4-17(13)35-18/h2-4,6-7,9,12,18,20H,5,8H2,1H3,(H2,28,31). The maximum absolute atomic E-state index is 14.6. The second-order valence-corrected chi connectivity index (χ2v) is 8.75. The SMILES string of the molecule is Cc1ncn2c1c(N)nc1cnc(C(=O)N3CC(F)CC4Oc5cc(C(F)(F)F)ccc5C43)cc12. The van der Waals surface area contributed by atoms with Gasteiger partial charge in [0.25, 0.3) is 5.91 Å². The third kappa shape index (κ3) is 3.27. The number of nitrogens with zero attached hydrogens (tertiary/aromatic N) is 5. The summed E-state index contributed by atoms with van der Waals surface area (Å²) in [5, 5.41) is 0. The number of imidazole rings is 1. The highest BCUT2D eigenvalue weighted by atomic mass is 19.4. The number of ether oxygens (including phenoxy) is 1. The zero-order valence-corrected chi connectivity index (χ0v) is 18.3. The summed E-state index contributed by atoms with van der Waals surface area (Å²) in [4.78, 5) is 27.7. The van der Waals surface area contributed by atoms with Crippen LogP contribution in [0, 0.1) is 6.92 Å². The molecule has 180 valence electrons. The molecular formula is C23H18F4N6O2. The van der Waals surface area contributed by atoms with E-state index in [1.807, 2.05) is 0 Å². The van der Waals surface area contributed by atoms with E-state index in [4.69, 9.17) is 10.5 Å². The Morgan fingerprint density at radius 3 is 2.80 bits per heavy atom. The number of rotatable bonds is 1. The highest BCUT2D eigenvalue weighted by molar-refractivity contribution is 5.96. The van der Waals surface area contributed by atoms with Crippen LogP contribution in [-0.4, -0.2) is 49.0 Å². The number of halogens is 4. The van der Waals surface area contributed by atoms with Crippen molar-refractivity contribution in [3.05, 3.63) is 59.3 Å². The highest BCUT2D eigenvalue weighted by Gasteiger charge is 2.47. The third-order valence-corrected chi connectivity index (χ3v) is 6.54. The molecule has 2 N–H and O–H groups in total. The number of anilines is 1. The molecule has 1 aromatic carbocycles. The molecule has 5 heterocycles. The van der Waals surface area contributed by atoms with Gasteiger partial charge in [0.15, 0.2) is 5.82 Å².